The Morgan fingerprint density at radius 1 is 1.30 bits per heavy atom. The fourth-order valence-corrected chi connectivity index (χ4v) is 0.844. The maximum atomic E-state index is 11.2. The first-order valence-corrected chi connectivity index (χ1v) is 3.47. The molecule has 0 saturated heterocycles. The lowest BCUT2D eigenvalue weighted by atomic mass is 9.84. The topological polar surface area (TPSA) is 39.9 Å². The predicted molar refractivity (Wildman–Crippen MR) is 41.0 cm³/mol. The van der Waals surface area contributed by atoms with Gasteiger partial charge in [-0.15, -0.1) is 0 Å². The third-order valence-corrected chi connectivity index (χ3v) is 2.65. The van der Waals surface area contributed by atoms with Gasteiger partial charge in [0, 0.05) is 0 Å². The van der Waals surface area contributed by atoms with Crippen LogP contribution in [0.2, 0.25) is 0 Å². The lowest BCUT2D eigenvalue weighted by Gasteiger charge is -2.37. The summed E-state index contributed by atoms with van der Waals surface area (Å²) in [6.07, 6.45) is 1.44. The fourth-order valence-electron chi connectivity index (χ4n) is 0.844. The molecule has 58 valence electrons. The summed E-state index contributed by atoms with van der Waals surface area (Å²) in [6, 6.07) is 0. The molecule has 3 nitrogen and oxygen atoms in total. The third kappa shape index (κ3) is 0.777. The molecule has 0 spiro atoms. The maximum Gasteiger partial charge on any atom is 0.184 e. The minimum absolute atomic E-state index is 0.137. The highest BCUT2D eigenvalue weighted by molar-refractivity contribution is 5.49. The lowest BCUT2D eigenvalue weighted by Crippen LogP contribution is -3.14. The molecule has 1 rings (SSSR count). The summed E-state index contributed by atoms with van der Waals surface area (Å²) < 4.78 is 0. The molecule has 1 heterocycles. The molecule has 3 heteroatoms. The zero-order valence-corrected chi connectivity index (χ0v) is 6.93. The summed E-state index contributed by atoms with van der Waals surface area (Å²) in [5, 5.41) is 11.3. The van der Waals surface area contributed by atoms with Gasteiger partial charge in [-0.25, -0.2) is 4.99 Å². The van der Waals surface area contributed by atoms with Gasteiger partial charge in [0.25, 0.3) is 0 Å². The molecule has 0 aliphatic carbocycles. The maximum absolute atomic E-state index is 11.2. The first-order valence-electron chi connectivity index (χ1n) is 3.47. The average molecular weight is 142 g/mol. The van der Waals surface area contributed by atoms with E-state index in [2.05, 4.69) is 4.99 Å². The number of nitrogens with zero attached hydrogens (tertiary/aromatic N) is 1. The number of nitrogens with one attached hydrogen (secondary N) is 1. The van der Waals surface area contributed by atoms with E-state index in [0.29, 0.717) is 0 Å². The fraction of sp³-hybridized carbons (Fsp3) is 0.857. The van der Waals surface area contributed by atoms with Crippen LogP contribution in [0.4, 0.5) is 0 Å². The van der Waals surface area contributed by atoms with Crippen molar-refractivity contribution >= 4 is 6.34 Å². The quantitative estimate of drug-likeness (QED) is 0.474. The van der Waals surface area contributed by atoms with E-state index < -0.39 is 0 Å². The summed E-state index contributed by atoms with van der Waals surface area (Å²) in [7, 11) is 0. The van der Waals surface area contributed by atoms with E-state index in [-0.39, 0.29) is 16.1 Å². The number of hydroxylamine groups is 2. The molecule has 0 fully saturated rings. The van der Waals surface area contributed by atoms with Crippen molar-refractivity contribution in [3.05, 3.63) is 5.21 Å². The second-order valence-electron chi connectivity index (χ2n) is 3.81. The molecule has 10 heavy (non-hydrogen) atoms. The van der Waals surface area contributed by atoms with Gasteiger partial charge in [0.2, 0.25) is 0 Å². The smallest absolute Gasteiger partial charge is 0.184 e. The van der Waals surface area contributed by atoms with Gasteiger partial charge in [0.1, 0.15) is 11.1 Å². The monoisotopic (exact) mass is 142 g/mol. The number of rotatable bonds is 0. The molecular weight excluding hydrogens is 128 g/mol. The molecule has 0 saturated carbocycles. The summed E-state index contributed by atoms with van der Waals surface area (Å²) in [5.74, 6) is 0. The van der Waals surface area contributed by atoms with Gasteiger partial charge in [-0.05, 0) is 27.7 Å². The third-order valence-electron chi connectivity index (χ3n) is 2.65. The zero-order chi connectivity index (χ0) is 7.99. The van der Waals surface area contributed by atoms with Gasteiger partial charge in [0.05, 0.1) is 0 Å². The summed E-state index contributed by atoms with van der Waals surface area (Å²) in [5.41, 5.74) is -0.531. The second-order valence-corrected chi connectivity index (χ2v) is 3.81. The van der Waals surface area contributed by atoms with Crippen molar-refractivity contribution in [3.63, 3.8) is 0 Å². The van der Waals surface area contributed by atoms with Crippen LogP contribution in [-0.2, 0) is 0 Å². The van der Waals surface area contributed by atoms with Crippen molar-refractivity contribution in [2.45, 2.75) is 38.8 Å². The van der Waals surface area contributed by atoms with Crippen molar-refractivity contribution in [3.8, 4) is 0 Å². The summed E-state index contributed by atoms with van der Waals surface area (Å²) in [6.45, 7) is 7.83. The van der Waals surface area contributed by atoms with Crippen LogP contribution < -0.4 is 5.06 Å². The van der Waals surface area contributed by atoms with Crippen LogP contribution in [0.1, 0.15) is 27.7 Å². The molecule has 0 aromatic carbocycles. The Morgan fingerprint density at radius 2 is 1.80 bits per heavy atom. The molecule has 0 amide bonds. The van der Waals surface area contributed by atoms with Crippen molar-refractivity contribution in [1.29, 1.82) is 0 Å². The Labute approximate surface area is 61.3 Å². The Bertz CT molecular complexity index is 172. The van der Waals surface area contributed by atoms with Crippen molar-refractivity contribution in [2.24, 2.45) is 4.99 Å². The van der Waals surface area contributed by atoms with Crippen LogP contribution in [0.15, 0.2) is 4.99 Å². The SMILES string of the molecule is CC1(C)N=C[NH+]([O-])C1(C)C. The molecule has 0 bridgehead atoms. The number of quaternary nitrogens is 1. The molecule has 1 aliphatic heterocycles. The van der Waals surface area contributed by atoms with E-state index in [9.17, 15) is 5.21 Å². The van der Waals surface area contributed by atoms with Crippen LogP contribution >= 0.6 is 0 Å². The molecule has 0 aromatic rings. The number of hydrogen-bond acceptors (Lipinski definition) is 2. The van der Waals surface area contributed by atoms with Gasteiger partial charge in [-0.2, -0.15) is 0 Å². The first-order chi connectivity index (χ1) is 4.38. The summed E-state index contributed by atoms with van der Waals surface area (Å²) >= 11 is 0. The minimum atomic E-state index is -0.312. The molecule has 1 aliphatic rings. The van der Waals surface area contributed by atoms with Gasteiger partial charge in [-0.3, -0.25) is 0 Å². The van der Waals surface area contributed by atoms with Gasteiger partial charge < -0.3 is 10.3 Å². The normalized spacial score (nSPS) is 34.7. The highest BCUT2D eigenvalue weighted by atomic mass is 16.5. The molecule has 1 unspecified atom stereocenters. The molecular formula is C7H14N2O. The van der Waals surface area contributed by atoms with Crippen LogP contribution in [0.3, 0.4) is 0 Å². The van der Waals surface area contributed by atoms with Crippen molar-refractivity contribution in [2.75, 3.05) is 0 Å². The van der Waals surface area contributed by atoms with Crippen LogP contribution in [0.5, 0.6) is 0 Å². The van der Waals surface area contributed by atoms with E-state index in [1.54, 1.807) is 0 Å². The summed E-state index contributed by atoms with van der Waals surface area (Å²) in [4.78, 5) is 4.13. The molecule has 1 N–H and O–H groups in total. The van der Waals surface area contributed by atoms with E-state index >= 15 is 0 Å². The van der Waals surface area contributed by atoms with Crippen LogP contribution in [-0.4, -0.2) is 17.4 Å². The van der Waals surface area contributed by atoms with Gasteiger partial charge in [0.15, 0.2) is 6.34 Å². The van der Waals surface area contributed by atoms with Gasteiger partial charge >= 0.3 is 0 Å². The zero-order valence-electron chi connectivity index (χ0n) is 6.93. The lowest BCUT2D eigenvalue weighted by molar-refractivity contribution is -0.799. The van der Waals surface area contributed by atoms with Crippen LogP contribution in [0.25, 0.3) is 0 Å². The standard InChI is InChI=1S/C7H14N2O/c1-6(2)7(3,4)9(10)5-8-6/h5,9H,1-4H3. The van der Waals surface area contributed by atoms with E-state index in [4.69, 9.17) is 0 Å². The largest absolute Gasteiger partial charge is 0.628 e. The van der Waals surface area contributed by atoms with Gasteiger partial charge in [-0.1, -0.05) is 0 Å². The molecule has 1 atom stereocenters. The Balaban J connectivity index is 2.94. The predicted octanol–water partition coefficient (Wildman–Crippen LogP) is -0.0318. The minimum Gasteiger partial charge on any atom is -0.628 e. The average Bonchev–Trinajstić information content (AvgIpc) is 1.94. The molecule has 0 aromatic heterocycles. The second kappa shape index (κ2) is 1.80. The highest BCUT2D eigenvalue weighted by Gasteiger charge is 2.46. The van der Waals surface area contributed by atoms with Crippen LogP contribution in [0, 0.1) is 5.21 Å². The Morgan fingerprint density at radius 3 is 1.90 bits per heavy atom. The van der Waals surface area contributed by atoms with Crippen molar-refractivity contribution < 1.29 is 5.06 Å². The van der Waals surface area contributed by atoms with E-state index in [1.165, 1.54) is 6.34 Å². The van der Waals surface area contributed by atoms with Crippen molar-refractivity contribution in [1.82, 2.24) is 0 Å². The number of hydrogen-bond donors (Lipinski definition) is 1. The first kappa shape index (κ1) is 7.69. The molecule has 0 radical (unpaired) electrons. The Hall–Kier alpha value is -0.410. The van der Waals surface area contributed by atoms with E-state index in [1.807, 2.05) is 27.7 Å². The van der Waals surface area contributed by atoms with E-state index in [0.717, 1.165) is 0 Å². The number of aliphatic imine (C=N–C) groups is 1. The Kier molecular flexibility index (Phi) is 1.38. The highest BCUT2D eigenvalue weighted by Crippen LogP contribution is 2.24.